The van der Waals surface area contributed by atoms with Gasteiger partial charge in [0, 0.05) is 18.9 Å². The smallest absolute Gasteiger partial charge is 0.338 e. The van der Waals surface area contributed by atoms with Gasteiger partial charge in [0.25, 0.3) is 5.91 Å². The lowest BCUT2D eigenvalue weighted by Crippen LogP contribution is -2.36. The van der Waals surface area contributed by atoms with Gasteiger partial charge in [0.1, 0.15) is 0 Å². The van der Waals surface area contributed by atoms with Gasteiger partial charge in [0.15, 0.2) is 6.61 Å². The van der Waals surface area contributed by atoms with Crippen LogP contribution in [0.25, 0.3) is 5.69 Å². The molecule has 2 aromatic carbocycles. The van der Waals surface area contributed by atoms with Crippen LogP contribution in [0.1, 0.15) is 46.1 Å². The van der Waals surface area contributed by atoms with Crippen molar-refractivity contribution in [3.63, 3.8) is 0 Å². The summed E-state index contributed by atoms with van der Waals surface area (Å²) in [6.45, 7) is 1.69. The fourth-order valence-electron chi connectivity index (χ4n) is 4.00. The van der Waals surface area contributed by atoms with Crippen molar-refractivity contribution >= 4 is 11.9 Å². The zero-order valence-corrected chi connectivity index (χ0v) is 17.2. The lowest BCUT2D eigenvalue weighted by molar-refractivity contribution is -0.135. The Labute approximate surface area is 176 Å². The van der Waals surface area contributed by atoms with Crippen molar-refractivity contribution in [2.45, 2.75) is 32.2 Å². The average Bonchev–Trinajstić information content (AvgIpc) is 3.22. The highest BCUT2D eigenvalue weighted by Crippen LogP contribution is 2.33. The number of amides is 1. The molecule has 4 rings (SSSR count). The number of carbonyl (C=O) groups excluding carboxylic acids is 2. The SMILES string of the molecule is Cc1ccnn1-c1ccc(C(=O)OCC(=O)N(C)C2CCCc3ccccc32)cc1. The summed E-state index contributed by atoms with van der Waals surface area (Å²) in [5.41, 5.74) is 4.75. The van der Waals surface area contributed by atoms with E-state index in [9.17, 15) is 9.59 Å². The second kappa shape index (κ2) is 8.53. The Bertz CT molecular complexity index is 1060. The molecule has 154 valence electrons. The molecule has 1 aromatic heterocycles. The molecule has 1 aliphatic carbocycles. The van der Waals surface area contributed by atoms with Crippen molar-refractivity contribution in [2.75, 3.05) is 13.7 Å². The number of aromatic nitrogens is 2. The maximum atomic E-state index is 12.7. The van der Waals surface area contributed by atoms with Crippen LogP contribution in [-0.2, 0) is 16.0 Å². The third kappa shape index (κ3) is 3.99. The first-order valence-electron chi connectivity index (χ1n) is 10.2. The second-order valence-corrected chi connectivity index (χ2v) is 7.62. The largest absolute Gasteiger partial charge is 0.452 e. The van der Waals surface area contributed by atoms with Gasteiger partial charge < -0.3 is 9.64 Å². The molecular formula is C24H25N3O3. The Morgan fingerprint density at radius 1 is 1.13 bits per heavy atom. The van der Waals surface area contributed by atoms with Crippen LogP contribution in [0.4, 0.5) is 0 Å². The molecule has 0 radical (unpaired) electrons. The van der Waals surface area contributed by atoms with E-state index in [1.54, 1.807) is 35.0 Å². The fraction of sp³-hybridized carbons (Fsp3) is 0.292. The molecule has 6 nitrogen and oxygen atoms in total. The molecule has 0 saturated carbocycles. The fourth-order valence-corrected chi connectivity index (χ4v) is 4.00. The maximum absolute atomic E-state index is 12.7. The first-order chi connectivity index (χ1) is 14.5. The number of rotatable bonds is 5. The normalized spacial score (nSPS) is 15.3. The van der Waals surface area contributed by atoms with E-state index in [0.29, 0.717) is 5.56 Å². The quantitative estimate of drug-likeness (QED) is 0.607. The van der Waals surface area contributed by atoms with Gasteiger partial charge in [-0.1, -0.05) is 24.3 Å². The molecular weight excluding hydrogens is 378 g/mol. The molecule has 3 aromatic rings. The number of esters is 1. The van der Waals surface area contributed by atoms with E-state index in [1.807, 2.05) is 37.3 Å². The second-order valence-electron chi connectivity index (χ2n) is 7.62. The Balaban J connectivity index is 1.37. The Morgan fingerprint density at radius 3 is 2.63 bits per heavy atom. The van der Waals surface area contributed by atoms with E-state index >= 15 is 0 Å². The molecule has 1 unspecified atom stereocenters. The van der Waals surface area contributed by atoms with Gasteiger partial charge in [0.2, 0.25) is 0 Å². The summed E-state index contributed by atoms with van der Waals surface area (Å²) in [5, 5.41) is 4.25. The molecule has 1 heterocycles. The summed E-state index contributed by atoms with van der Waals surface area (Å²) in [5.74, 6) is -0.710. The molecule has 1 aliphatic rings. The molecule has 0 spiro atoms. The van der Waals surface area contributed by atoms with Crippen LogP contribution in [0.5, 0.6) is 0 Å². The van der Waals surface area contributed by atoms with Gasteiger partial charge in [-0.05, 0) is 67.6 Å². The van der Waals surface area contributed by atoms with E-state index < -0.39 is 5.97 Å². The first-order valence-corrected chi connectivity index (χ1v) is 10.2. The first kappa shape index (κ1) is 19.9. The number of aryl methyl sites for hydroxylation is 2. The third-order valence-corrected chi connectivity index (χ3v) is 5.70. The summed E-state index contributed by atoms with van der Waals surface area (Å²) >= 11 is 0. The predicted octanol–water partition coefficient (Wildman–Crippen LogP) is 3.87. The van der Waals surface area contributed by atoms with Crippen molar-refractivity contribution < 1.29 is 14.3 Å². The van der Waals surface area contributed by atoms with Crippen LogP contribution >= 0.6 is 0 Å². The highest BCUT2D eigenvalue weighted by Gasteiger charge is 2.27. The van der Waals surface area contributed by atoms with E-state index in [2.05, 4.69) is 17.2 Å². The Kier molecular flexibility index (Phi) is 5.65. The number of hydrogen-bond donors (Lipinski definition) is 0. The minimum Gasteiger partial charge on any atom is -0.452 e. The number of ether oxygens (including phenoxy) is 1. The molecule has 0 fully saturated rings. The highest BCUT2D eigenvalue weighted by molar-refractivity contribution is 5.91. The van der Waals surface area contributed by atoms with Gasteiger partial charge in [-0.2, -0.15) is 5.10 Å². The van der Waals surface area contributed by atoms with E-state index in [4.69, 9.17) is 4.74 Å². The van der Waals surface area contributed by atoms with Gasteiger partial charge in [0.05, 0.1) is 17.3 Å². The van der Waals surface area contributed by atoms with Gasteiger partial charge in [-0.15, -0.1) is 0 Å². The van der Waals surface area contributed by atoms with Crippen molar-refractivity contribution in [2.24, 2.45) is 0 Å². The van der Waals surface area contributed by atoms with Crippen LogP contribution in [0.3, 0.4) is 0 Å². The molecule has 0 bridgehead atoms. The summed E-state index contributed by atoms with van der Waals surface area (Å²) in [7, 11) is 1.78. The van der Waals surface area contributed by atoms with Gasteiger partial charge >= 0.3 is 5.97 Å². The summed E-state index contributed by atoms with van der Waals surface area (Å²) < 4.78 is 7.08. The summed E-state index contributed by atoms with van der Waals surface area (Å²) in [6.07, 6.45) is 4.73. The third-order valence-electron chi connectivity index (χ3n) is 5.70. The zero-order chi connectivity index (χ0) is 21.1. The van der Waals surface area contributed by atoms with Crippen LogP contribution in [0, 0.1) is 6.92 Å². The molecule has 1 atom stereocenters. The van der Waals surface area contributed by atoms with E-state index in [-0.39, 0.29) is 18.6 Å². The van der Waals surface area contributed by atoms with Crippen LogP contribution < -0.4 is 0 Å². The predicted molar refractivity (Wildman–Crippen MR) is 113 cm³/mol. The lowest BCUT2D eigenvalue weighted by Gasteiger charge is -2.33. The zero-order valence-electron chi connectivity index (χ0n) is 17.2. The Morgan fingerprint density at radius 2 is 1.90 bits per heavy atom. The minimum atomic E-state index is -0.510. The van der Waals surface area contributed by atoms with Crippen LogP contribution in [0.2, 0.25) is 0 Å². The Hall–Kier alpha value is -3.41. The number of benzene rings is 2. The van der Waals surface area contributed by atoms with Crippen molar-refractivity contribution in [1.82, 2.24) is 14.7 Å². The number of carbonyl (C=O) groups is 2. The average molecular weight is 403 g/mol. The summed E-state index contributed by atoms with van der Waals surface area (Å²) in [4.78, 5) is 26.8. The van der Waals surface area contributed by atoms with Gasteiger partial charge in [-0.3, -0.25) is 4.79 Å². The topological polar surface area (TPSA) is 64.4 Å². The molecule has 0 N–H and O–H groups in total. The molecule has 0 saturated heterocycles. The van der Waals surface area contributed by atoms with E-state index in [0.717, 1.165) is 30.6 Å². The van der Waals surface area contributed by atoms with Gasteiger partial charge in [-0.25, -0.2) is 9.48 Å². The van der Waals surface area contributed by atoms with Crippen molar-refractivity contribution in [3.8, 4) is 5.69 Å². The van der Waals surface area contributed by atoms with Crippen molar-refractivity contribution in [1.29, 1.82) is 0 Å². The number of likely N-dealkylation sites (N-methyl/N-ethyl adjacent to an activating group) is 1. The number of nitrogens with zero attached hydrogens (tertiary/aromatic N) is 3. The van der Waals surface area contributed by atoms with Crippen LogP contribution in [-0.4, -0.2) is 40.2 Å². The molecule has 0 aliphatic heterocycles. The lowest BCUT2D eigenvalue weighted by atomic mass is 9.87. The monoisotopic (exact) mass is 403 g/mol. The minimum absolute atomic E-state index is 0.0257. The maximum Gasteiger partial charge on any atom is 0.338 e. The standard InChI is InChI=1S/C24H25N3O3/c1-17-14-15-25-27(17)20-12-10-19(11-13-20)24(29)30-16-23(28)26(2)22-9-5-7-18-6-3-4-8-21(18)22/h3-4,6,8,10-15,22H,5,7,9,16H2,1-2H3. The summed E-state index contributed by atoms with van der Waals surface area (Å²) in [6, 6.07) is 17.2. The van der Waals surface area contributed by atoms with Crippen molar-refractivity contribution in [3.05, 3.63) is 83.2 Å². The molecule has 1 amide bonds. The molecule has 30 heavy (non-hydrogen) atoms. The highest BCUT2D eigenvalue weighted by atomic mass is 16.5. The van der Waals surface area contributed by atoms with Crippen LogP contribution in [0.15, 0.2) is 60.8 Å². The molecule has 6 heteroatoms. The van der Waals surface area contributed by atoms with E-state index in [1.165, 1.54) is 11.1 Å². The number of hydrogen-bond acceptors (Lipinski definition) is 4. The number of fused-ring (bicyclic) bond motifs is 1.